The first-order valence-electron chi connectivity index (χ1n) is 7.39. The van der Waals surface area contributed by atoms with E-state index in [4.69, 9.17) is 16.3 Å². The third kappa shape index (κ3) is 4.33. The average molecular weight is 298 g/mol. The highest BCUT2D eigenvalue weighted by molar-refractivity contribution is 6.31. The second-order valence-electron chi connectivity index (χ2n) is 5.32. The summed E-state index contributed by atoms with van der Waals surface area (Å²) in [5, 5.41) is 3.85. The molecule has 1 aromatic rings. The Morgan fingerprint density at radius 3 is 3.05 bits per heavy atom. The van der Waals surface area contributed by atoms with Gasteiger partial charge in [-0.25, -0.2) is 4.98 Å². The van der Waals surface area contributed by atoms with Crippen molar-refractivity contribution in [2.45, 2.75) is 38.8 Å². The second-order valence-corrected chi connectivity index (χ2v) is 5.73. The Morgan fingerprint density at radius 2 is 2.40 bits per heavy atom. The average Bonchev–Trinajstić information content (AvgIpc) is 2.84. The van der Waals surface area contributed by atoms with Crippen LogP contribution in [0.3, 0.4) is 0 Å². The molecule has 5 heteroatoms. The molecule has 2 heterocycles. The first kappa shape index (κ1) is 15.5. The maximum atomic E-state index is 6.21. The Hall–Kier alpha value is -0.840. The zero-order chi connectivity index (χ0) is 14.4. The summed E-state index contributed by atoms with van der Waals surface area (Å²) >= 11 is 6.21. The van der Waals surface area contributed by atoms with Crippen molar-refractivity contribution in [3.05, 3.63) is 22.8 Å². The van der Waals surface area contributed by atoms with Gasteiger partial charge >= 0.3 is 0 Å². The summed E-state index contributed by atoms with van der Waals surface area (Å²) in [5.74, 6) is 0.549. The molecule has 112 valence electrons. The van der Waals surface area contributed by atoms with Gasteiger partial charge in [-0.15, -0.1) is 0 Å². The van der Waals surface area contributed by atoms with E-state index in [0.29, 0.717) is 23.6 Å². The largest absolute Gasteiger partial charge is 0.477 e. The number of pyridine rings is 1. The number of likely N-dealkylation sites (tertiary alicyclic amines) is 1. The smallest absolute Gasteiger partial charge is 0.232 e. The van der Waals surface area contributed by atoms with Gasteiger partial charge in [0.05, 0.1) is 6.61 Å². The number of aromatic nitrogens is 1. The van der Waals surface area contributed by atoms with E-state index in [1.165, 1.54) is 19.4 Å². The van der Waals surface area contributed by atoms with E-state index in [1.54, 1.807) is 0 Å². The van der Waals surface area contributed by atoms with Gasteiger partial charge in [0.15, 0.2) is 0 Å². The molecular weight excluding hydrogens is 274 g/mol. The SMILES string of the molecule is CCNCc1cnc(OCCC2CCCN2C)c(Cl)c1. The lowest BCUT2D eigenvalue weighted by Gasteiger charge is -2.19. The predicted molar refractivity (Wildman–Crippen MR) is 82.4 cm³/mol. The molecule has 1 fully saturated rings. The summed E-state index contributed by atoms with van der Waals surface area (Å²) in [6.07, 6.45) is 5.42. The summed E-state index contributed by atoms with van der Waals surface area (Å²) in [4.78, 5) is 6.71. The molecule has 0 saturated carbocycles. The number of nitrogens with one attached hydrogen (secondary N) is 1. The van der Waals surface area contributed by atoms with Crippen LogP contribution in [0.4, 0.5) is 0 Å². The number of halogens is 1. The monoisotopic (exact) mass is 297 g/mol. The fourth-order valence-corrected chi connectivity index (χ4v) is 2.82. The van der Waals surface area contributed by atoms with E-state index in [2.05, 4.69) is 29.2 Å². The summed E-state index contributed by atoms with van der Waals surface area (Å²) in [7, 11) is 2.18. The van der Waals surface area contributed by atoms with E-state index in [0.717, 1.165) is 25.1 Å². The summed E-state index contributed by atoms with van der Waals surface area (Å²) in [6.45, 7) is 5.67. The molecule has 1 aliphatic heterocycles. The van der Waals surface area contributed by atoms with E-state index in [1.807, 2.05) is 12.3 Å². The summed E-state index contributed by atoms with van der Waals surface area (Å²) < 4.78 is 5.72. The van der Waals surface area contributed by atoms with Gasteiger partial charge in [-0.05, 0) is 51.0 Å². The van der Waals surface area contributed by atoms with Crippen molar-refractivity contribution < 1.29 is 4.74 Å². The van der Waals surface area contributed by atoms with Crippen LogP contribution in [0.25, 0.3) is 0 Å². The fraction of sp³-hybridized carbons (Fsp3) is 0.667. The Balaban J connectivity index is 1.80. The highest BCUT2D eigenvalue weighted by atomic mass is 35.5. The van der Waals surface area contributed by atoms with Crippen molar-refractivity contribution in [2.75, 3.05) is 26.7 Å². The lowest BCUT2D eigenvalue weighted by Crippen LogP contribution is -2.26. The Bertz CT molecular complexity index is 428. The minimum atomic E-state index is 0.549. The zero-order valence-corrected chi connectivity index (χ0v) is 13.1. The van der Waals surface area contributed by atoms with Crippen molar-refractivity contribution in [2.24, 2.45) is 0 Å². The molecule has 1 N–H and O–H groups in total. The maximum absolute atomic E-state index is 6.21. The molecular formula is C15H24ClN3O. The van der Waals surface area contributed by atoms with Crippen LogP contribution in [0.2, 0.25) is 5.02 Å². The van der Waals surface area contributed by atoms with E-state index in [9.17, 15) is 0 Å². The van der Waals surface area contributed by atoms with Crippen LogP contribution in [0.1, 0.15) is 31.7 Å². The molecule has 2 rings (SSSR count). The Morgan fingerprint density at radius 1 is 1.55 bits per heavy atom. The summed E-state index contributed by atoms with van der Waals surface area (Å²) in [5.41, 5.74) is 1.08. The van der Waals surface area contributed by atoms with Gasteiger partial charge in [0.25, 0.3) is 0 Å². The molecule has 0 bridgehead atoms. The number of nitrogens with zero attached hydrogens (tertiary/aromatic N) is 2. The van der Waals surface area contributed by atoms with Crippen LogP contribution in [0.15, 0.2) is 12.3 Å². The number of hydrogen-bond acceptors (Lipinski definition) is 4. The molecule has 0 radical (unpaired) electrons. The number of hydrogen-bond donors (Lipinski definition) is 1. The highest BCUT2D eigenvalue weighted by Gasteiger charge is 2.20. The maximum Gasteiger partial charge on any atom is 0.232 e. The van der Waals surface area contributed by atoms with Crippen LogP contribution in [-0.4, -0.2) is 42.7 Å². The summed E-state index contributed by atoms with van der Waals surface area (Å²) in [6, 6.07) is 2.57. The predicted octanol–water partition coefficient (Wildman–Crippen LogP) is 2.71. The third-order valence-corrected chi connectivity index (χ3v) is 4.08. The van der Waals surface area contributed by atoms with Gasteiger partial charge in [-0.1, -0.05) is 18.5 Å². The van der Waals surface area contributed by atoms with Gasteiger partial charge in [0.1, 0.15) is 5.02 Å². The van der Waals surface area contributed by atoms with Crippen molar-refractivity contribution in [1.82, 2.24) is 15.2 Å². The van der Waals surface area contributed by atoms with E-state index < -0.39 is 0 Å². The number of rotatable bonds is 7. The van der Waals surface area contributed by atoms with E-state index in [-0.39, 0.29) is 0 Å². The molecule has 20 heavy (non-hydrogen) atoms. The molecule has 0 spiro atoms. The molecule has 1 aliphatic rings. The molecule has 0 aromatic carbocycles. The van der Waals surface area contributed by atoms with Crippen LogP contribution < -0.4 is 10.1 Å². The molecule has 1 aromatic heterocycles. The molecule has 0 amide bonds. The van der Waals surface area contributed by atoms with Crippen LogP contribution >= 0.6 is 11.6 Å². The first-order valence-corrected chi connectivity index (χ1v) is 7.76. The zero-order valence-electron chi connectivity index (χ0n) is 12.4. The minimum Gasteiger partial charge on any atom is -0.477 e. The topological polar surface area (TPSA) is 37.4 Å². The molecule has 1 unspecified atom stereocenters. The highest BCUT2D eigenvalue weighted by Crippen LogP contribution is 2.23. The van der Waals surface area contributed by atoms with Gasteiger partial charge < -0.3 is 15.0 Å². The van der Waals surface area contributed by atoms with Crippen LogP contribution in [0, 0.1) is 0 Å². The van der Waals surface area contributed by atoms with Crippen molar-refractivity contribution in [3.63, 3.8) is 0 Å². The van der Waals surface area contributed by atoms with Crippen molar-refractivity contribution >= 4 is 11.6 Å². The third-order valence-electron chi connectivity index (χ3n) is 3.80. The first-order chi connectivity index (χ1) is 9.70. The molecule has 4 nitrogen and oxygen atoms in total. The van der Waals surface area contributed by atoms with Crippen molar-refractivity contribution in [3.8, 4) is 5.88 Å². The van der Waals surface area contributed by atoms with Crippen LogP contribution in [-0.2, 0) is 6.54 Å². The quantitative estimate of drug-likeness (QED) is 0.840. The van der Waals surface area contributed by atoms with Crippen molar-refractivity contribution in [1.29, 1.82) is 0 Å². The van der Waals surface area contributed by atoms with Gasteiger partial charge in [-0.3, -0.25) is 0 Å². The lowest BCUT2D eigenvalue weighted by atomic mass is 10.1. The lowest BCUT2D eigenvalue weighted by molar-refractivity contribution is 0.228. The minimum absolute atomic E-state index is 0.549. The molecule has 0 aliphatic carbocycles. The van der Waals surface area contributed by atoms with Gasteiger partial charge in [-0.2, -0.15) is 0 Å². The normalized spacial score (nSPS) is 19.4. The molecule has 1 saturated heterocycles. The standard InChI is InChI=1S/C15H24ClN3O/c1-3-17-10-12-9-14(16)15(18-11-12)20-8-6-13-5-4-7-19(13)2/h9,11,13,17H,3-8,10H2,1-2H3. The van der Waals surface area contributed by atoms with E-state index >= 15 is 0 Å². The molecule has 1 atom stereocenters. The van der Waals surface area contributed by atoms with Gasteiger partial charge in [0.2, 0.25) is 5.88 Å². The van der Waals surface area contributed by atoms with Gasteiger partial charge in [0, 0.05) is 18.8 Å². The second kappa shape index (κ2) is 7.81. The Kier molecular flexibility index (Phi) is 6.07. The van der Waals surface area contributed by atoms with Crippen LogP contribution in [0.5, 0.6) is 5.88 Å². The fourth-order valence-electron chi connectivity index (χ4n) is 2.57. The number of ether oxygens (including phenoxy) is 1. The Labute approximate surface area is 126 Å².